The Kier molecular flexibility index (Phi) is 4.37. The third-order valence-corrected chi connectivity index (χ3v) is 6.46. The summed E-state index contributed by atoms with van der Waals surface area (Å²) in [5.74, 6) is 1.54. The number of fused-ring (bicyclic) bond motifs is 3. The van der Waals surface area contributed by atoms with Crippen LogP contribution in [-0.4, -0.2) is 14.8 Å². The van der Waals surface area contributed by atoms with Crippen LogP contribution in [0.2, 0.25) is 5.02 Å². The van der Waals surface area contributed by atoms with Gasteiger partial charge in [-0.3, -0.25) is 0 Å². The van der Waals surface area contributed by atoms with Crippen molar-refractivity contribution in [3.63, 3.8) is 0 Å². The molecule has 0 fully saturated rings. The summed E-state index contributed by atoms with van der Waals surface area (Å²) >= 11 is 9.72. The Bertz CT molecular complexity index is 1310. The number of anilines is 1. The van der Waals surface area contributed by atoms with Crippen LogP contribution in [0.3, 0.4) is 0 Å². The van der Waals surface area contributed by atoms with Crippen LogP contribution >= 0.6 is 27.5 Å². The van der Waals surface area contributed by atoms with Gasteiger partial charge in [-0.25, -0.2) is 4.68 Å². The fourth-order valence-corrected chi connectivity index (χ4v) is 4.69. The van der Waals surface area contributed by atoms with Crippen LogP contribution in [0.15, 0.2) is 89.2 Å². The maximum atomic E-state index is 6.59. The monoisotopic (exact) mass is 490 g/mol. The van der Waals surface area contributed by atoms with Crippen molar-refractivity contribution in [1.82, 2.24) is 14.8 Å². The molecule has 2 aliphatic heterocycles. The number of aromatic nitrogens is 3. The van der Waals surface area contributed by atoms with Crippen molar-refractivity contribution in [2.45, 2.75) is 12.1 Å². The normalized spacial score (nSPS) is 19.0. The number of hydrogen-bond donors (Lipinski definition) is 1. The Labute approximate surface area is 192 Å². The first-order valence-corrected chi connectivity index (χ1v) is 11.0. The molecule has 7 heteroatoms. The van der Waals surface area contributed by atoms with Crippen LogP contribution in [0.25, 0.3) is 5.70 Å². The highest BCUT2D eigenvalue weighted by Crippen LogP contribution is 2.50. The summed E-state index contributed by atoms with van der Waals surface area (Å²) in [4.78, 5) is 4.46. The number of nitrogens with zero attached hydrogens (tertiary/aromatic N) is 3. The van der Waals surface area contributed by atoms with Crippen molar-refractivity contribution in [1.29, 1.82) is 0 Å². The van der Waals surface area contributed by atoms with E-state index in [-0.39, 0.29) is 12.1 Å². The molecular weight excluding hydrogens is 476 g/mol. The van der Waals surface area contributed by atoms with E-state index in [1.54, 1.807) is 6.33 Å². The summed E-state index contributed by atoms with van der Waals surface area (Å²) in [5, 5.41) is 8.74. The molecular formula is C24H16BrClN4O. The van der Waals surface area contributed by atoms with Crippen LogP contribution in [0, 0.1) is 0 Å². The molecule has 0 aliphatic carbocycles. The number of ether oxygens (including phenoxy) is 1. The van der Waals surface area contributed by atoms with Gasteiger partial charge in [0.25, 0.3) is 0 Å². The molecule has 0 saturated carbocycles. The first-order valence-electron chi connectivity index (χ1n) is 9.86. The molecule has 0 amide bonds. The fourth-order valence-electron chi connectivity index (χ4n) is 4.30. The molecule has 6 rings (SSSR count). The smallest absolute Gasteiger partial charge is 0.226 e. The highest BCUT2D eigenvalue weighted by Gasteiger charge is 2.40. The molecule has 1 N–H and O–H groups in total. The average molecular weight is 492 g/mol. The molecule has 4 aromatic rings. The van der Waals surface area contributed by atoms with Crippen LogP contribution in [0.4, 0.5) is 5.95 Å². The van der Waals surface area contributed by atoms with Gasteiger partial charge in [-0.05, 0) is 47.5 Å². The maximum absolute atomic E-state index is 6.59. The van der Waals surface area contributed by atoms with E-state index in [4.69, 9.17) is 16.3 Å². The number of halogens is 2. The van der Waals surface area contributed by atoms with Gasteiger partial charge in [0.2, 0.25) is 5.95 Å². The maximum Gasteiger partial charge on any atom is 0.226 e. The highest BCUT2D eigenvalue weighted by atomic mass is 79.9. The van der Waals surface area contributed by atoms with Gasteiger partial charge >= 0.3 is 0 Å². The molecule has 152 valence electrons. The second-order valence-electron chi connectivity index (χ2n) is 7.48. The van der Waals surface area contributed by atoms with E-state index < -0.39 is 0 Å². The fraction of sp³-hybridized carbons (Fsp3) is 0.0833. The van der Waals surface area contributed by atoms with Crippen molar-refractivity contribution in [3.8, 4) is 5.75 Å². The van der Waals surface area contributed by atoms with Crippen LogP contribution in [-0.2, 0) is 0 Å². The Hall–Kier alpha value is -3.09. The zero-order chi connectivity index (χ0) is 20.9. The SMILES string of the molecule is Clc1ccc([C@H]2C3=C(Nc4ncnn42)c2ccccc2O[C@H]3c2ccc(Br)cc2)cc1. The second kappa shape index (κ2) is 7.25. The van der Waals surface area contributed by atoms with E-state index in [0.29, 0.717) is 11.0 Å². The molecule has 0 radical (unpaired) electrons. The summed E-state index contributed by atoms with van der Waals surface area (Å²) < 4.78 is 9.53. The number of rotatable bonds is 2. The lowest BCUT2D eigenvalue weighted by Crippen LogP contribution is -2.32. The van der Waals surface area contributed by atoms with E-state index in [2.05, 4.69) is 49.5 Å². The van der Waals surface area contributed by atoms with Gasteiger partial charge in [0.1, 0.15) is 24.2 Å². The molecule has 31 heavy (non-hydrogen) atoms. The molecule has 0 saturated heterocycles. The van der Waals surface area contributed by atoms with E-state index in [9.17, 15) is 0 Å². The average Bonchev–Trinajstić information content (AvgIpc) is 3.27. The van der Waals surface area contributed by atoms with E-state index >= 15 is 0 Å². The topological polar surface area (TPSA) is 52.0 Å². The number of hydrogen-bond acceptors (Lipinski definition) is 4. The molecule has 3 heterocycles. The molecule has 0 bridgehead atoms. The first-order chi connectivity index (χ1) is 15.2. The van der Waals surface area contributed by atoms with Crippen LogP contribution in [0.1, 0.15) is 28.8 Å². The van der Waals surface area contributed by atoms with Crippen molar-refractivity contribution in [2.24, 2.45) is 0 Å². The number of benzene rings is 3. The minimum Gasteiger partial charge on any atom is -0.480 e. The molecule has 2 atom stereocenters. The quantitative estimate of drug-likeness (QED) is 0.360. The predicted octanol–water partition coefficient (Wildman–Crippen LogP) is 6.25. The van der Waals surface area contributed by atoms with E-state index in [1.807, 2.05) is 59.3 Å². The lowest BCUT2D eigenvalue weighted by atomic mass is 9.84. The Balaban J connectivity index is 1.62. The zero-order valence-corrected chi connectivity index (χ0v) is 18.5. The van der Waals surface area contributed by atoms with Gasteiger partial charge in [0.05, 0.1) is 5.70 Å². The van der Waals surface area contributed by atoms with Crippen LogP contribution in [0.5, 0.6) is 5.75 Å². The molecule has 2 aliphatic rings. The van der Waals surface area contributed by atoms with E-state index in [1.165, 1.54) is 0 Å². The molecule has 0 unspecified atom stereocenters. The van der Waals surface area contributed by atoms with Gasteiger partial charge in [0.15, 0.2) is 0 Å². The van der Waals surface area contributed by atoms with Gasteiger partial charge in [-0.15, -0.1) is 0 Å². The Morgan fingerprint density at radius 1 is 0.935 bits per heavy atom. The van der Waals surface area contributed by atoms with Crippen molar-refractivity contribution >= 4 is 39.2 Å². The van der Waals surface area contributed by atoms with Crippen molar-refractivity contribution in [2.75, 3.05) is 5.32 Å². The summed E-state index contributed by atoms with van der Waals surface area (Å²) in [6.07, 6.45) is 1.29. The molecule has 3 aromatic carbocycles. The van der Waals surface area contributed by atoms with Crippen molar-refractivity contribution in [3.05, 3.63) is 111 Å². The molecule has 0 spiro atoms. The number of nitrogens with one attached hydrogen (secondary N) is 1. The largest absolute Gasteiger partial charge is 0.480 e. The van der Waals surface area contributed by atoms with Crippen molar-refractivity contribution < 1.29 is 4.74 Å². The lowest BCUT2D eigenvalue weighted by molar-refractivity contribution is 0.223. The Morgan fingerprint density at radius 2 is 1.68 bits per heavy atom. The van der Waals surface area contributed by atoms with E-state index in [0.717, 1.165) is 38.2 Å². The summed E-state index contributed by atoms with van der Waals surface area (Å²) in [6.45, 7) is 0. The predicted molar refractivity (Wildman–Crippen MR) is 124 cm³/mol. The van der Waals surface area contributed by atoms with Gasteiger partial charge < -0.3 is 10.1 Å². The summed E-state index contributed by atoms with van der Waals surface area (Å²) in [5.41, 5.74) is 5.24. The minimum atomic E-state index is -0.288. The molecule has 5 nitrogen and oxygen atoms in total. The van der Waals surface area contributed by atoms with Gasteiger partial charge in [-0.1, -0.05) is 63.9 Å². The molecule has 1 aromatic heterocycles. The zero-order valence-electron chi connectivity index (χ0n) is 16.2. The Morgan fingerprint density at radius 3 is 2.48 bits per heavy atom. The third-order valence-electron chi connectivity index (χ3n) is 5.68. The van der Waals surface area contributed by atoms with Crippen LogP contribution < -0.4 is 10.1 Å². The highest BCUT2D eigenvalue weighted by molar-refractivity contribution is 9.10. The lowest BCUT2D eigenvalue weighted by Gasteiger charge is -2.39. The van der Waals surface area contributed by atoms with Gasteiger partial charge in [0, 0.05) is 20.6 Å². The number of para-hydroxylation sites is 1. The first kappa shape index (κ1) is 18.7. The third kappa shape index (κ3) is 3.06. The summed E-state index contributed by atoms with van der Waals surface area (Å²) in [6, 6.07) is 24.0. The second-order valence-corrected chi connectivity index (χ2v) is 8.84. The van der Waals surface area contributed by atoms with Gasteiger partial charge in [-0.2, -0.15) is 10.1 Å². The minimum absolute atomic E-state index is 0.187. The standard InChI is InChI=1S/C24H16BrClN4O/c25-16-9-5-15(6-10-16)23-20-21(18-3-1-2-4-19(18)31-23)29-24-27-13-28-30(24)22(20)14-7-11-17(26)12-8-14/h1-13,22-23H,(H,27,28,29)/t22-,23-/m0/s1. The summed E-state index contributed by atoms with van der Waals surface area (Å²) in [7, 11) is 0.